The number of nitriles is 1. The van der Waals surface area contributed by atoms with E-state index in [1.165, 1.54) is 11.9 Å². The van der Waals surface area contributed by atoms with Gasteiger partial charge < -0.3 is 10.6 Å². The Labute approximate surface area is 134 Å². The van der Waals surface area contributed by atoms with Gasteiger partial charge in [0, 0.05) is 19.6 Å². The van der Waals surface area contributed by atoms with Crippen molar-refractivity contribution in [3.05, 3.63) is 0 Å². The van der Waals surface area contributed by atoms with E-state index in [1.807, 2.05) is 4.90 Å². The van der Waals surface area contributed by atoms with Crippen LogP contribution in [0.25, 0.3) is 0 Å². The summed E-state index contributed by atoms with van der Waals surface area (Å²) in [5.74, 6) is -0.978. The van der Waals surface area contributed by atoms with Gasteiger partial charge >= 0.3 is 6.03 Å². The lowest BCUT2D eigenvalue weighted by atomic mass is 9.98. The van der Waals surface area contributed by atoms with E-state index in [0.717, 1.165) is 5.01 Å². The highest BCUT2D eigenvalue weighted by Gasteiger charge is 2.32. The molecule has 126 valence electrons. The Morgan fingerprint density at radius 2 is 2.17 bits per heavy atom. The van der Waals surface area contributed by atoms with E-state index in [2.05, 4.69) is 16.6 Å². The van der Waals surface area contributed by atoms with Crippen molar-refractivity contribution in [2.45, 2.75) is 24.9 Å². The number of hydrogen-bond donors (Lipinski definition) is 4. The number of hydrogen-bond acceptors (Lipinski definition) is 7. The third-order valence-corrected chi connectivity index (χ3v) is 3.72. The van der Waals surface area contributed by atoms with Crippen molar-refractivity contribution in [1.29, 1.82) is 16.2 Å². The molecule has 1 saturated heterocycles. The van der Waals surface area contributed by atoms with E-state index in [-0.39, 0.29) is 24.6 Å². The Morgan fingerprint density at radius 1 is 1.52 bits per heavy atom. The smallest absolute Gasteiger partial charge is 0.315 e. The molecule has 11 nitrogen and oxygen atoms in total. The topological polar surface area (TPSA) is 166 Å². The van der Waals surface area contributed by atoms with E-state index >= 15 is 0 Å². The molecule has 1 fully saturated rings. The highest BCUT2D eigenvalue weighted by molar-refractivity contribution is 5.97. The van der Waals surface area contributed by atoms with Crippen LogP contribution in [0.3, 0.4) is 0 Å². The lowest BCUT2D eigenvalue weighted by molar-refractivity contribution is -0.121. The molecular weight excluding hydrogens is 302 g/mol. The standard InChI is InChI=1S/C12H21N9O2/c1-19-6-9(4-3-8(19)5-13)21(12(15)23)7-10(22)17-11(14)20(2)18-16/h8-9,16H,3-4,6-7H2,1-2H3,(H2,15,23)(H2,14,17,22)/t8-,9+/m0/s1. The zero-order chi connectivity index (χ0) is 17.6. The van der Waals surface area contributed by atoms with Crippen molar-refractivity contribution in [3.8, 4) is 6.07 Å². The molecule has 1 aliphatic heterocycles. The average molecular weight is 323 g/mol. The summed E-state index contributed by atoms with van der Waals surface area (Å²) >= 11 is 0. The molecule has 0 bridgehead atoms. The summed E-state index contributed by atoms with van der Waals surface area (Å²) in [5.41, 5.74) is 12.1. The number of nitrogens with zero attached hydrogens (tertiary/aromatic N) is 5. The second-order valence-electron chi connectivity index (χ2n) is 5.30. The number of primary amides is 1. The van der Waals surface area contributed by atoms with Gasteiger partial charge in [-0.2, -0.15) is 10.8 Å². The lowest BCUT2D eigenvalue weighted by Crippen LogP contribution is -2.56. The van der Waals surface area contributed by atoms with Crippen LogP contribution < -0.4 is 11.1 Å². The van der Waals surface area contributed by atoms with Crippen LogP contribution in [-0.2, 0) is 4.79 Å². The summed E-state index contributed by atoms with van der Waals surface area (Å²) in [6.45, 7) is 0.132. The molecule has 0 aromatic heterocycles. The number of carbonyl (C=O) groups excluding carboxylic acids is 2. The maximum atomic E-state index is 11.9. The van der Waals surface area contributed by atoms with Gasteiger partial charge in [-0.25, -0.2) is 9.80 Å². The zero-order valence-electron chi connectivity index (χ0n) is 13.1. The van der Waals surface area contributed by atoms with Gasteiger partial charge in [0.05, 0.1) is 12.1 Å². The van der Waals surface area contributed by atoms with Crippen molar-refractivity contribution in [1.82, 2.24) is 20.1 Å². The van der Waals surface area contributed by atoms with Crippen molar-refractivity contribution < 1.29 is 9.59 Å². The molecule has 23 heavy (non-hydrogen) atoms. The number of nitrogens with one attached hydrogen (secondary N) is 3. The van der Waals surface area contributed by atoms with Gasteiger partial charge in [0.1, 0.15) is 6.54 Å². The first-order chi connectivity index (χ1) is 10.8. The fourth-order valence-corrected chi connectivity index (χ4v) is 2.38. The van der Waals surface area contributed by atoms with Gasteiger partial charge in [-0.05, 0) is 19.9 Å². The molecule has 0 radical (unpaired) electrons. The van der Waals surface area contributed by atoms with Gasteiger partial charge in [-0.1, -0.05) is 5.22 Å². The second kappa shape index (κ2) is 8.04. The number of urea groups is 1. The van der Waals surface area contributed by atoms with E-state index in [1.54, 1.807) is 7.05 Å². The van der Waals surface area contributed by atoms with E-state index in [9.17, 15) is 9.59 Å². The van der Waals surface area contributed by atoms with Crippen LogP contribution in [0.4, 0.5) is 4.79 Å². The first-order valence-corrected chi connectivity index (χ1v) is 6.95. The molecule has 1 heterocycles. The van der Waals surface area contributed by atoms with Crippen LogP contribution in [0, 0.1) is 22.3 Å². The highest BCUT2D eigenvalue weighted by atomic mass is 16.2. The quantitative estimate of drug-likeness (QED) is 0.231. The van der Waals surface area contributed by atoms with Crippen molar-refractivity contribution in [2.24, 2.45) is 11.0 Å². The third kappa shape index (κ3) is 4.89. The van der Waals surface area contributed by atoms with Crippen LogP contribution in [0.1, 0.15) is 12.8 Å². The van der Waals surface area contributed by atoms with E-state index < -0.39 is 11.9 Å². The predicted molar refractivity (Wildman–Crippen MR) is 80.1 cm³/mol. The maximum absolute atomic E-state index is 11.9. The Kier molecular flexibility index (Phi) is 6.40. The molecule has 0 aliphatic carbocycles. The largest absolute Gasteiger partial charge is 0.351 e. The third-order valence-electron chi connectivity index (χ3n) is 3.72. The summed E-state index contributed by atoms with van der Waals surface area (Å²) < 4.78 is 0. The van der Waals surface area contributed by atoms with Gasteiger partial charge in [0.15, 0.2) is 0 Å². The maximum Gasteiger partial charge on any atom is 0.315 e. The number of amides is 3. The number of nitrogens with two attached hydrogens (primary N) is 1. The molecular formula is C12H21N9O2. The van der Waals surface area contributed by atoms with Gasteiger partial charge in [0.2, 0.25) is 11.9 Å². The summed E-state index contributed by atoms with van der Waals surface area (Å²) in [7, 11) is 3.11. The molecule has 5 N–H and O–H groups in total. The first kappa shape index (κ1) is 18.3. The Morgan fingerprint density at radius 3 is 2.65 bits per heavy atom. The van der Waals surface area contributed by atoms with Gasteiger partial charge in [-0.3, -0.25) is 20.4 Å². The molecule has 3 amide bonds. The second-order valence-corrected chi connectivity index (χ2v) is 5.30. The molecule has 11 heteroatoms. The number of piperidine rings is 1. The van der Waals surface area contributed by atoms with Crippen LogP contribution in [0.15, 0.2) is 5.22 Å². The van der Waals surface area contributed by atoms with Crippen molar-refractivity contribution in [3.63, 3.8) is 0 Å². The van der Waals surface area contributed by atoms with Crippen LogP contribution in [0.5, 0.6) is 0 Å². The molecule has 0 saturated carbocycles. The minimum Gasteiger partial charge on any atom is -0.351 e. The van der Waals surface area contributed by atoms with Crippen molar-refractivity contribution >= 4 is 17.9 Å². The van der Waals surface area contributed by atoms with Crippen LogP contribution in [-0.4, -0.2) is 72.0 Å². The Balaban J connectivity index is 2.68. The molecule has 2 atom stereocenters. The normalized spacial score (nSPS) is 20.9. The zero-order valence-corrected chi connectivity index (χ0v) is 13.1. The average Bonchev–Trinajstić information content (AvgIpc) is 2.51. The molecule has 1 rings (SSSR count). The van der Waals surface area contributed by atoms with E-state index in [4.69, 9.17) is 21.9 Å². The summed E-state index contributed by atoms with van der Waals surface area (Å²) in [6, 6.07) is 0.951. The summed E-state index contributed by atoms with van der Waals surface area (Å²) in [4.78, 5) is 26.6. The lowest BCUT2D eigenvalue weighted by Gasteiger charge is -2.38. The number of guanidine groups is 1. The number of rotatable bonds is 4. The predicted octanol–water partition coefficient (Wildman–Crippen LogP) is -0.718. The van der Waals surface area contributed by atoms with Gasteiger partial charge in [-0.15, -0.1) is 0 Å². The van der Waals surface area contributed by atoms with Crippen LogP contribution in [0.2, 0.25) is 0 Å². The summed E-state index contributed by atoms with van der Waals surface area (Å²) in [6.07, 6.45) is 1.15. The van der Waals surface area contributed by atoms with Crippen molar-refractivity contribution in [2.75, 3.05) is 27.2 Å². The SMILES string of the molecule is CN(N=N)C(=N)NC(=O)CN(C(N)=O)[C@@H]1CC[C@@H](C#N)N(C)C1. The number of carbonyl (C=O) groups is 2. The summed E-state index contributed by atoms with van der Waals surface area (Å²) in [5, 5.41) is 22.6. The fraction of sp³-hybridized carbons (Fsp3) is 0.667. The number of likely N-dealkylation sites (N-methyl/N-ethyl adjacent to an activating group) is 1. The molecule has 0 aromatic carbocycles. The highest BCUT2D eigenvalue weighted by Crippen LogP contribution is 2.19. The minimum atomic E-state index is -0.737. The molecule has 0 aromatic rings. The fourth-order valence-electron chi connectivity index (χ4n) is 2.38. The molecule has 0 unspecified atom stereocenters. The Bertz CT molecular complexity index is 529. The molecule has 1 aliphatic rings. The van der Waals surface area contributed by atoms with Gasteiger partial charge in [0.25, 0.3) is 0 Å². The monoisotopic (exact) mass is 323 g/mol. The molecule has 0 spiro atoms. The Hall–Kier alpha value is -2.74. The minimum absolute atomic E-state index is 0.213. The van der Waals surface area contributed by atoms with Crippen LogP contribution >= 0.6 is 0 Å². The van der Waals surface area contributed by atoms with E-state index in [0.29, 0.717) is 19.4 Å². The number of likely N-dealkylation sites (tertiary alicyclic amines) is 1. The first-order valence-electron chi connectivity index (χ1n) is 6.95.